The summed E-state index contributed by atoms with van der Waals surface area (Å²) in [5.74, 6) is 0.825. The number of nitrogens with two attached hydrogens (primary N) is 1. The molecular formula is C14H30N2O. The van der Waals surface area contributed by atoms with E-state index in [1.54, 1.807) is 0 Å². The third-order valence-electron chi connectivity index (χ3n) is 4.37. The summed E-state index contributed by atoms with van der Waals surface area (Å²) < 4.78 is 0. The van der Waals surface area contributed by atoms with Crippen molar-refractivity contribution in [3.8, 4) is 0 Å². The Bertz CT molecular complexity index is 216. The largest absolute Gasteiger partial charge is 0.389 e. The lowest BCUT2D eigenvalue weighted by molar-refractivity contribution is 0.0276. The fourth-order valence-electron chi connectivity index (χ4n) is 2.73. The third-order valence-corrected chi connectivity index (χ3v) is 4.37. The minimum Gasteiger partial charge on any atom is -0.389 e. The molecule has 0 aromatic heterocycles. The van der Waals surface area contributed by atoms with Gasteiger partial charge in [0.05, 0.1) is 5.60 Å². The highest BCUT2D eigenvalue weighted by atomic mass is 16.3. The van der Waals surface area contributed by atoms with Crippen LogP contribution < -0.4 is 5.73 Å². The van der Waals surface area contributed by atoms with E-state index in [4.69, 9.17) is 5.73 Å². The molecule has 3 N–H and O–H groups in total. The van der Waals surface area contributed by atoms with Crippen molar-refractivity contribution in [2.45, 2.75) is 64.5 Å². The van der Waals surface area contributed by atoms with Gasteiger partial charge in [0.25, 0.3) is 0 Å². The van der Waals surface area contributed by atoms with Gasteiger partial charge in [0.1, 0.15) is 0 Å². The molecule has 0 spiro atoms. The van der Waals surface area contributed by atoms with Crippen LogP contribution in [0.4, 0.5) is 0 Å². The summed E-state index contributed by atoms with van der Waals surface area (Å²) in [4.78, 5) is 2.57. The Morgan fingerprint density at radius 2 is 2.06 bits per heavy atom. The molecule has 1 saturated heterocycles. The molecule has 1 aliphatic heterocycles. The lowest BCUT2D eigenvalue weighted by atomic mass is 9.92. The van der Waals surface area contributed by atoms with Gasteiger partial charge >= 0.3 is 0 Å². The van der Waals surface area contributed by atoms with Gasteiger partial charge in [0, 0.05) is 19.1 Å². The number of rotatable bonds is 6. The van der Waals surface area contributed by atoms with Crippen molar-refractivity contribution in [1.82, 2.24) is 4.90 Å². The summed E-state index contributed by atoms with van der Waals surface area (Å²) in [6.45, 7) is 9.37. The molecule has 3 unspecified atom stereocenters. The zero-order chi connectivity index (χ0) is 12.9. The Morgan fingerprint density at radius 3 is 2.65 bits per heavy atom. The first kappa shape index (κ1) is 14.9. The number of hydrogen-bond donors (Lipinski definition) is 2. The molecule has 0 aromatic carbocycles. The van der Waals surface area contributed by atoms with Gasteiger partial charge in [0.15, 0.2) is 0 Å². The molecule has 1 fully saturated rings. The summed E-state index contributed by atoms with van der Waals surface area (Å²) in [7, 11) is 0. The van der Waals surface area contributed by atoms with Crippen LogP contribution in [0.25, 0.3) is 0 Å². The molecule has 0 aliphatic carbocycles. The topological polar surface area (TPSA) is 49.5 Å². The van der Waals surface area contributed by atoms with E-state index in [0.29, 0.717) is 12.6 Å². The molecule has 0 bridgehead atoms. The van der Waals surface area contributed by atoms with E-state index in [9.17, 15) is 5.11 Å². The van der Waals surface area contributed by atoms with Gasteiger partial charge in [-0.15, -0.1) is 0 Å². The highest BCUT2D eigenvalue weighted by Crippen LogP contribution is 2.23. The molecule has 1 aliphatic rings. The maximum atomic E-state index is 10.1. The van der Waals surface area contributed by atoms with E-state index < -0.39 is 5.60 Å². The minimum absolute atomic E-state index is 0.384. The second-order valence-corrected chi connectivity index (χ2v) is 5.91. The normalized spacial score (nSPS) is 30.2. The quantitative estimate of drug-likeness (QED) is 0.749. The number of hydrogen-bond acceptors (Lipinski definition) is 3. The second-order valence-electron chi connectivity index (χ2n) is 5.91. The Hall–Kier alpha value is -0.120. The molecule has 3 atom stereocenters. The average molecular weight is 242 g/mol. The molecule has 0 radical (unpaired) electrons. The summed E-state index contributed by atoms with van der Waals surface area (Å²) in [5.41, 5.74) is 4.99. The van der Waals surface area contributed by atoms with Crippen molar-refractivity contribution in [3.05, 3.63) is 0 Å². The molecule has 0 saturated carbocycles. The number of piperidine rings is 1. The highest BCUT2D eigenvalue weighted by molar-refractivity contribution is 4.80. The standard InChI is InChI=1S/C14H30N2O/c1-4-14(17,11-15)8-5-9-16-10-12(2)6-7-13(16)3/h12-13,17H,4-11,15H2,1-3H3. The summed E-state index contributed by atoms with van der Waals surface area (Å²) >= 11 is 0. The van der Waals surface area contributed by atoms with E-state index in [0.717, 1.165) is 31.7 Å². The van der Waals surface area contributed by atoms with E-state index >= 15 is 0 Å². The van der Waals surface area contributed by atoms with Crippen LogP contribution in [-0.4, -0.2) is 41.3 Å². The number of aliphatic hydroxyl groups is 1. The van der Waals surface area contributed by atoms with Crippen LogP contribution in [0.5, 0.6) is 0 Å². The van der Waals surface area contributed by atoms with Crippen LogP contribution in [0.15, 0.2) is 0 Å². The first-order chi connectivity index (χ1) is 8.00. The molecule has 3 nitrogen and oxygen atoms in total. The van der Waals surface area contributed by atoms with E-state index in [1.165, 1.54) is 19.4 Å². The monoisotopic (exact) mass is 242 g/mol. The van der Waals surface area contributed by atoms with Crippen LogP contribution in [0, 0.1) is 5.92 Å². The first-order valence-corrected chi connectivity index (χ1v) is 7.17. The zero-order valence-electron chi connectivity index (χ0n) is 11.8. The van der Waals surface area contributed by atoms with E-state index in [1.807, 2.05) is 6.92 Å². The van der Waals surface area contributed by atoms with Gasteiger partial charge in [-0.2, -0.15) is 0 Å². The molecule has 0 aromatic rings. The minimum atomic E-state index is -0.634. The first-order valence-electron chi connectivity index (χ1n) is 7.17. The molecule has 0 amide bonds. The van der Waals surface area contributed by atoms with Crippen LogP contribution in [0.1, 0.15) is 52.9 Å². The smallest absolute Gasteiger partial charge is 0.0767 e. The summed E-state index contributed by atoms with van der Waals surface area (Å²) in [5, 5.41) is 10.1. The summed E-state index contributed by atoms with van der Waals surface area (Å²) in [6.07, 6.45) is 5.32. The molecule has 17 heavy (non-hydrogen) atoms. The van der Waals surface area contributed by atoms with Crippen LogP contribution in [-0.2, 0) is 0 Å². The lowest BCUT2D eigenvalue weighted by Gasteiger charge is -2.37. The van der Waals surface area contributed by atoms with Gasteiger partial charge in [0.2, 0.25) is 0 Å². The SMILES string of the molecule is CCC(O)(CN)CCCN1CC(C)CCC1C. The van der Waals surface area contributed by atoms with Gasteiger partial charge in [-0.05, 0) is 51.5 Å². The number of nitrogens with zero attached hydrogens (tertiary/aromatic N) is 1. The second kappa shape index (κ2) is 6.72. The molecule has 102 valence electrons. The van der Waals surface area contributed by atoms with Crippen molar-refractivity contribution in [3.63, 3.8) is 0 Å². The van der Waals surface area contributed by atoms with E-state index in [-0.39, 0.29) is 0 Å². The van der Waals surface area contributed by atoms with Crippen molar-refractivity contribution >= 4 is 0 Å². The van der Waals surface area contributed by atoms with Crippen molar-refractivity contribution in [2.75, 3.05) is 19.6 Å². The Morgan fingerprint density at radius 1 is 1.35 bits per heavy atom. The fraction of sp³-hybridized carbons (Fsp3) is 1.00. The third kappa shape index (κ3) is 4.57. The highest BCUT2D eigenvalue weighted by Gasteiger charge is 2.25. The molecule has 3 heteroatoms. The fourth-order valence-corrected chi connectivity index (χ4v) is 2.73. The van der Waals surface area contributed by atoms with Crippen molar-refractivity contribution in [1.29, 1.82) is 0 Å². The molecule has 1 rings (SSSR count). The maximum Gasteiger partial charge on any atom is 0.0767 e. The summed E-state index contributed by atoms with van der Waals surface area (Å²) in [6, 6.07) is 0.707. The molecule has 1 heterocycles. The average Bonchev–Trinajstić information content (AvgIpc) is 2.33. The Balaban J connectivity index is 2.30. The zero-order valence-corrected chi connectivity index (χ0v) is 11.8. The van der Waals surface area contributed by atoms with Gasteiger partial charge in [-0.25, -0.2) is 0 Å². The Kier molecular flexibility index (Phi) is 5.90. The Labute approximate surface area is 106 Å². The number of likely N-dealkylation sites (tertiary alicyclic amines) is 1. The van der Waals surface area contributed by atoms with E-state index in [2.05, 4.69) is 18.7 Å². The van der Waals surface area contributed by atoms with Gasteiger partial charge in [-0.3, -0.25) is 0 Å². The van der Waals surface area contributed by atoms with Gasteiger partial charge < -0.3 is 15.7 Å². The lowest BCUT2D eigenvalue weighted by Crippen LogP contribution is -2.43. The van der Waals surface area contributed by atoms with Crippen LogP contribution in [0.2, 0.25) is 0 Å². The maximum absolute atomic E-state index is 10.1. The van der Waals surface area contributed by atoms with Crippen LogP contribution >= 0.6 is 0 Å². The van der Waals surface area contributed by atoms with Crippen molar-refractivity contribution < 1.29 is 5.11 Å². The predicted molar refractivity (Wildman–Crippen MR) is 73.0 cm³/mol. The van der Waals surface area contributed by atoms with Crippen molar-refractivity contribution in [2.24, 2.45) is 11.7 Å². The van der Waals surface area contributed by atoms with Crippen LogP contribution in [0.3, 0.4) is 0 Å². The molecular weight excluding hydrogens is 212 g/mol. The van der Waals surface area contributed by atoms with Gasteiger partial charge in [-0.1, -0.05) is 13.8 Å². The predicted octanol–water partition coefficient (Wildman–Crippen LogP) is 1.99.